The minimum absolute atomic E-state index is 0.0384. The van der Waals surface area contributed by atoms with E-state index in [1.54, 1.807) is 0 Å². The van der Waals surface area contributed by atoms with Crippen molar-refractivity contribution in [1.29, 1.82) is 0 Å². The summed E-state index contributed by atoms with van der Waals surface area (Å²) in [6.07, 6.45) is 3.54. The Morgan fingerprint density at radius 1 is 1.05 bits per heavy atom. The summed E-state index contributed by atoms with van der Waals surface area (Å²) in [7, 11) is 0. The van der Waals surface area contributed by atoms with Crippen LogP contribution in [0.1, 0.15) is 46.7 Å². The van der Waals surface area contributed by atoms with E-state index in [4.69, 9.17) is 0 Å². The maximum Gasteiger partial charge on any atom is 0.167 e. The van der Waals surface area contributed by atoms with Gasteiger partial charge in [0.2, 0.25) is 0 Å². The van der Waals surface area contributed by atoms with Crippen molar-refractivity contribution in [2.75, 3.05) is 0 Å². The van der Waals surface area contributed by atoms with Crippen LogP contribution in [0.25, 0.3) is 0 Å². The largest absolute Gasteiger partial charge is 0.294 e. The summed E-state index contributed by atoms with van der Waals surface area (Å²) in [5.41, 5.74) is 2.31. The number of carbonyl (C=O) groups is 1. The predicted octanol–water partition coefficient (Wildman–Crippen LogP) is 4.66. The van der Waals surface area contributed by atoms with Gasteiger partial charge in [0.25, 0.3) is 0 Å². The van der Waals surface area contributed by atoms with E-state index in [1.165, 1.54) is 12.5 Å². The molecule has 1 aliphatic carbocycles. The fourth-order valence-electron chi connectivity index (χ4n) is 2.76. The van der Waals surface area contributed by atoms with E-state index >= 15 is 0 Å². The van der Waals surface area contributed by atoms with Crippen molar-refractivity contribution >= 4 is 5.78 Å². The van der Waals surface area contributed by atoms with Gasteiger partial charge in [0, 0.05) is 12.0 Å². The molecule has 3 rings (SSSR count). The zero-order valence-corrected chi connectivity index (χ0v) is 11.6. The fourth-order valence-corrected chi connectivity index (χ4v) is 2.76. The molecule has 0 unspecified atom stereocenters. The summed E-state index contributed by atoms with van der Waals surface area (Å²) >= 11 is 0. The Morgan fingerprint density at radius 3 is 2.48 bits per heavy atom. The van der Waals surface area contributed by atoms with E-state index in [-0.39, 0.29) is 12.2 Å². The summed E-state index contributed by atoms with van der Waals surface area (Å²) in [5.74, 6) is -1.37. The molecule has 2 aromatic carbocycles. The Balaban J connectivity index is 1.83. The van der Waals surface area contributed by atoms with Gasteiger partial charge in [-0.3, -0.25) is 4.79 Å². The summed E-state index contributed by atoms with van der Waals surface area (Å²) < 4.78 is 26.1. The average Bonchev–Trinajstić information content (AvgIpc) is 2.42. The first-order valence-corrected chi connectivity index (χ1v) is 7.21. The SMILES string of the molecule is O=C(Cc1ccc(F)c(F)c1)c1ccccc1C1CCC1. The minimum atomic E-state index is -0.910. The highest BCUT2D eigenvalue weighted by molar-refractivity contribution is 5.99. The van der Waals surface area contributed by atoms with Crippen LogP contribution in [0.15, 0.2) is 42.5 Å². The maximum absolute atomic E-state index is 13.2. The second-order valence-corrected chi connectivity index (χ2v) is 5.56. The molecule has 1 fully saturated rings. The molecule has 1 aliphatic rings. The molecular formula is C18H16F2O. The Hall–Kier alpha value is -2.03. The third kappa shape index (κ3) is 2.87. The topological polar surface area (TPSA) is 17.1 Å². The quantitative estimate of drug-likeness (QED) is 0.747. The van der Waals surface area contributed by atoms with E-state index in [2.05, 4.69) is 0 Å². The zero-order chi connectivity index (χ0) is 14.8. The molecule has 0 N–H and O–H groups in total. The molecule has 3 heteroatoms. The molecule has 0 amide bonds. The lowest BCUT2D eigenvalue weighted by atomic mass is 9.77. The Bertz CT molecular complexity index is 675. The Labute approximate surface area is 122 Å². The van der Waals surface area contributed by atoms with Crippen LogP contribution in [0, 0.1) is 11.6 Å². The lowest BCUT2D eigenvalue weighted by molar-refractivity contribution is 0.0991. The third-order valence-corrected chi connectivity index (χ3v) is 4.15. The number of rotatable bonds is 4. The number of hydrogen-bond acceptors (Lipinski definition) is 1. The first-order chi connectivity index (χ1) is 10.1. The van der Waals surface area contributed by atoms with Gasteiger partial charge < -0.3 is 0 Å². The number of carbonyl (C=O) groups excluding carboxylic acids is 1. The summed E-state index contributed by atoms with van der Waals surface area (Å²) in [6, 6.07) is 11.2. The first kappa shape index (κ1) is 13.9. The van der Waals surface area contributed by atoms with Crippen LogP contribution in [-0.2, 0) is 6.42 Å². The summed E-state index contributed by atoms with van der Waals surface area (Å²) in [4.78, 5) is 12.5. The number of Topliss-reactive ketones (excluding diaryl/α,β-unsaturated/α-hetero) is 1. The van der Waals surface area contributed by atoms with Gasteiger partial charge in [0.1, 0.15) is 0 Å². The van der Waals surface area contributed by atoms with E-state index in [0.717, 1.165) is 30.5 Å². The molecule has 108 valence electrons. The van der Waals surface area contributed by atoms with Crippen molar-refractivity contribution in [2.24, 2.45) is 0 Å². The molecule has 1 nitrogen and oxygen atoms in total. The molecule has 0 atom stereocenters. The normalized spacial score (nSPS) is 14.8. The van der Waals surface area contributed by atoms with Gasteiger partial charge in [0.15, 0.2) is 17.4 Å². The van der Waals surface area contributed by atoms with Crippen LogP contribution >= 0.6 is 0 Å². The van der Waals surface area contributed by atoms with Crippen molar-refractivity contribution in [2.45, 2.75) is 31.6 Å². The molecule has 1 saturated carbocycles. The van der Waals surface area contributed by atoms with Crippen molar-refractivity contribution in [3.8, 4) is 0 Å². The van der Waals surface area contributed by atoms with Crippen molar-refractivity contribution in [3.05, 3.63) is 70.8 Å². The van der Waals surface area contributed by atoms with Gasteiger partial charge >= 0.3 is 0 Å². The van der Waals surface area contributed by atoms with E-state index < -0.39 is 11.6 Å². The molecule has 0 aromatic heterocycles. The highest BCUT2D eigenvalue weighted by Crippen LogP contribution is 2.38. The Morgan fingerprint density at radius 2 is 1.81 bits per heavy atom. The van der Waals surface area contributed by atoms with Crippen LogP contribution in [0.2, 0.25) is 0 Å². The number of benzene rings is 2. The van der Waals surface area contributed by atoms with Crippen LogP contribution in [0.4, 0.5) is 8.78 Å². The maximum atomic E-state index is 13.2. The molecule has 0 spiro atoms. The van der Waals surface area contributed by atoms with Gasteiger partial charge in [0.05, 0.1) is 0 Å². The van der Waals surface area contributed by atoms with Gasteiger partial charge in [-0.25, -0.2) is 8.78 Å². The number of hydrogen-bond donors (Lipinski definition) is 0. The van der Waals surface area contributed by atoms with E-state index in [1.807, 2.05) is 24.3 Å². The smallest absolute Gasteiger partial charge is 0.167 e. The standard InChI is InChI=1S/C18H16F2O/c19-16-9-8-12(10-17(16)20)11-18(21)15-7-2-1-6-14(15)13-4-3-5-13/h1-2,6-10,13H,3-5,11H2. The summed E-state index contributed by atoms with van der Waals surface area (Å²) in [6.45, 7) is 0. The summed E-state index contributed by atoms with van der Waals surface area (Å²) in [5, 5.41) is 0. The van der Waals surface area contributed by atoms with Crippen LogP contribution in [0.5, 0.6) is 0 Å². The van der Waals surface area contributed by atoms with Gasteiger partial charge in [-0.1, -0.05) is 36.8 Å². The Kier molecular flexibility index (Phi) is 3.82. The molecule has 0 saturated heterocycles. The number of ketones is 1. The van der Waals surface area contributed by atoms with E-state index in [0.29, 0.717) is 17.0 Å². The predicted molar refractivity (Wildman–Crippen MR) is 77.4 cm³/mol. The van der Waals surface area contributed by atoms with Crippen molar-refractivity contribution < 1.29 is 13.6 Å². The zero-order valence-electron chi connectivity index (χ0n) is 11.6. The third-order valence-electron chi connectivity index (χ3n) is 4.15. The average molecular weight is 286 g/mol. The monoisotopic (exact) mass is 286 g/mol. The molecule has 2 aromatic rings. The molecule has 21 heavy (non-hydrogen) atoms. The van der Waals surface area contributed by atoms with E-state index in [9.17, 15) is 13.6 Å². The van der Waals surface area contributed by atoms with Gasteiger partial charge in [-0.15, -0.1) is 0 Å². The second kappa shape index (κ2) is 5.76. The van der Waals surface area contributed by atoms with Crippen molar-refractivity contribution in [3.63, 3.8) is 0 Å². The molecule has 0 aliphatic heterocycles. The highest BCUT2D eigenvalue weighted by Gasteiger charge is 2.24. The molecule has 0 heterocycles. The lowest BCUT2D eigenvalue weighted by Crippen LogP contribution is -2.15. The van der Waals surface area contributed by atoms with Crippen LogP contribution in [0.3, 0.4) is 0 Å². The second-order valence-electron chi connectivity index (χ2n) is 5.56. The number of halogens is 2. The molecule has 0 bridgehead atoms. The molecule has 0 radical (unpaired) electrons. The fraction of sp³-hybridized carbons (Fsp3) is 0.278. The van der Waals surface area contributed by atoms with Gasteiger partial charge in [-0.05, 0) is 42.0 Å². The highest BCUT2D eigenvalue weighted by atomic mass is 19.2. The van der Waals surface area contributed by atoms with Crippen LogP contribution < -0.4 is 0 Å². The first-order valence-electron chi connectivity index (χ1n) is 7.21. The minimum Gasteiger partial charge on any atom is -0.294 e. The van der Waals surface area contributed by atoms with Crippen molar-refractivity contribution in [1.82, 2.24) is 0 Å². The molecular weight excluding hydrogens is 270 g/mol. The van der Waals surface area contributed by atoms with Gasteiger partial charge in [-0.2, -0.15) is 0 Å². The lowest BCUT2D eigenvalue weighted by Gasteiger charge is -2.27. The van der Waals surface area contributed by atoms with Crippen LogP contribution in [-0.4, -0.2) is 5.78 Å².